The van der Waals surface area contributed by atoms with E-state index in [0.717, 1.165) is 25.7 Å². The molecule has 1 aliphatic heterocycles. The smallest absolute Gasteiger partial charge is 0.195 e. The van der Waals surface area contributed by atoms with E-state index in [2.05, 4.69) is 0 Å². The van der Waals surface area contributed by atoms with Crippen molar-refractivity contribution in [3.05, 3.63) is 0 Å². The van der Waals surface area contributed by atoms with Crippen molar-refractivity contribution < 1.29 is 30.3 Å². The molecule has 1 rings (SSSR count). The summed E-state index contributed by atoms with van der Waals surface area (Å²) in [5.41, 5.74) is 5.39. The highest BCUT2D eigenvalue weighted by molar-refractivity contribution is 4.95. The molecule has 7 N–H and O–H groups in total. The zero-order chi connectivity index (χ0) is 15.2. The average Bonchev–Trinajstić information content (AvgIpc) is 2.45. The van der Waals surface area contributed by atoms with Crippen molar-refractivity contribution in [2.24, 2.45) is 5.73 Å². The van der Waals surface area contributed by atoms with Crippen LogP contribution in [0.1, 0.15) is 38.5 Å². The highest BCUT2D eigenvalue weighted by Crippen LogP contribution is 2.32. The maximum absolute atomic E-state index is 10.3. The number of hydrogen-bond donors (Lipinski definition) is 6. The summed E-state index contributed by atoms with van der Waals surface area (Å²) >= 11 is 0. The van der Waals surface area contributed by atoms with E-state index in [1.54, 1.807) is 0 Å². The lowest BCUT2D eigenvalue weighted by molar-refractivity contribution is -0.351. The highest BCUT2D eigenvalue weighted by atomic mass is 16.7. The van der Waals surface area contributed by atoms with Gasteiger partial charge in [0.05, 0.1) is 6.61 Å². The van der Waals surface area contributed by atoms with Crippen LogP contribution < -0.4 is 5.73 Å². The number of aliphatic hydroxyl groups is 5. The van der Waals surface area contributed by atoms with Crippen LogP contribution in [0.3, 0.4) is 0 Å². The number of nitrogens with two attached hydrogens (primary N) is 1. The molecule has 0 unspecified atom stereocenters. The molecular weight excluding hydrogens is 266 g/mol. The van der Waals surface area contributed by atoms with Gasteiger partial charge in [-0.1, -0.05) is 19.3 Å². The van der Waals surface area contributed by atoms with Gasteiger partial charge in [-0.2, -0.15) is 0 Å². The maximum atomic E-state index is 10.3. The molecule has 0 spiro atoms. The molecule has 0 aliphatic carbocycles. The molecule has 120 valence electrons. The number of ether oxygens (including phenoxy) is 1. The van der Waals surface area contributed by atoms with Crippen LogP contribution in [0.25, 0.3) is 0 Å². The van der Waals surface area contributed by atoms with Gasteiger partial charge in [0, 0.05) is 6.42 Å². The summed E-state index contributed by atoms with van der Waals surface area (Å²) in [4.78, 5) is 0. The van der Waals surface area contributed by atoms with Crippen molar-refractivity contribution in [2.45, 2.75) is 68.7 Å². The molecule has 0 amide bonds. The first-order chi connectivity index (χ1) is 9.46. The fraction of sp³-hybridized carbons (Fsp3) is 1.00. The predicted octanol–water partition coefficient (Wildman–Crippen LogP) is -1.55. The Morgan fingerprint density at radius 1 is 0.950 bits per heavy atom. The summed E-state index contributed by atoms with van der Waals surface area (Å²) in [6, 6.07) is 0. The van der Waals surface area contributed by atoms with E-state index in [0.29, 0.717) is 13.0 Å². The number of unbranched alkanes of at least 4 members (excludes halogenated alkanes) is 4. The molecule has 0 bridgehead atoms. The van der Waals surface area contributed by atoms with Gasteiger partial charge in [0.1, 0.15) is 24.4 Å². The summed E-state index contributed by atoms with van der Waals surface area (Å²) in [6.45, 7) is 0.123. The first-order valence-electron chi connectivity index (χ1n) is 7.21. The Hall–Kier alpha value is -0.280. The molecule has 1 fully saturated rings. The van der Waals surface area contributed by atoms with Gasteiger partial charge in [-0.05, 0) is 19.4 Å². The lowest BCUT2D eigenvalue weighted by atomic mass is 9.89. The SMILES string of the molecule is NCCCCCCC[C@]1(O)O[C@H](CO)[C@@H](O)[C@H](O)[C@@H]1O. The van der Waals surface area contributed by atoms with E-state index in [1.165, 1.54) is 0 Å². The maximum Gasteiger partial charge on any atom is 0.195 e. The largest absolute Gasteiger partial charge is 0.394 e. The Morgan fingerprint density at radius 3 is 2.15 bits per heavy atom. The van der Waals surface area contributed by atoms with Gasteiger partial charge in [0.2, 0.25) is 0 Å². The molecule has 1 aliphatic rings. The lowest BCUT2D eigenvalue weighted by Gasteiger charge is -2.45. The van der Waals surface area contributed by atoms with Gasteiger partial charge in [-0.25, -0.2) is 0 Å². The molecule has 0 saturated carbocycles. The fourth-order valence-corrected chi connectivity index (χ4v) is 2.48. The molecule has 7 nitrogen and oxygen atoms in total. The van der Waals surface area contributed by atoms with Gasteiger partial charge < -0.3 is 36.0 Å². The Balaban J connectivity index is 2.44. The van der Waals surface area contributed by atoms with E-state index in [-0.39, 0.29) is 6.42 Å². The van der Waals surface area contributed by atoms with Crippen molar-refractivity contribution in [1.82, 2.24) is 0 Å². The first kappa shape index (κ1) is 17.8. The van der Waals surface area contributed by atoms with Crippen LogP contribution >= 0.6 is 0 Å². The molecule has 0 aromatic carbocycles. The fourth-order valence-electron chi connectivity index (χ4n) is 2.48. The van der Waals surface area contributed by atoms with Crippen molar-refractivity contribution in [3.63, 3.8) is 0 Å². The highest BCUT2D eigenvalue weighted by Gasteiger charge is 2.51. The zero-order valence-electron chi connectivity index (χ0n) is 11.7. The monoisotopic (exact) mass is 293 g/mol. The minimum absolute atomic E-state index is 0.136. The second kappa shape index (κ2) is 8.23. The Morgan fingerprint density at radius 2 is 1.55 bits per heavy atom. The minimum Gasteiger partial charge on any atom is -0.394 e. The van der Waals surface area contributed by atoms with Gasteiger partial charge in [-0.15, -0.1) is 0 Å². The van der Waals surface area contributed by atoms with Crippen LogP contribution in [0, 0.1) is 0 Å². The first-order valence-corrected chi connectivity index (χ1v) is 7.21. The molecule has 5 atom stereocenters. The van der Waals surface area contributed by atoms with E-state index in [4.69, 9.17) is 15.6 Å². The summed E-state index contributed by atoms with van der Waals surface area (Å²) in [5, 5.41) is 48.4. The molecular formula is C13H27NO6. The van der Waals surface area contributed by atoms with E-state index in [9.17, 15) is 20.4 Å². The van der Waals surface area contributed by atoms with Crippen LogP contribution in [-0.4, -0.2) is 68.9 Å². The van der Waals surface area contributed by atoms with Crippen molar-refractivity contribution in [2.75, 3.05) is 13.2 Å². The van der Waals surface area contributed by atoms with Gasteiger partial charge in [0.15, 0.2) is 5.79 Å². The Kier molecular flexibility index (Phi) is 7.32. The van der Waals surface area contributed by atoms with Crippen LogP contribution in [-0.2, 0) is 4.74 Å². The van der Waals surface area contributed by atoms with Crippen LogP contribution in [0.5, 0.6) is 0 Å². The second-order valence-corrected chi connectivity index (χ2v) is 5.42. The van der Waals surface area contributed by atoms with E-state index >= 15 is 0 Å². The molecule has 20 heavy (non-hydrogen) atoms. The van der Waals surface area contributed by atoms with E-state index in [1.807, 2.05) is 0 Å². The lowest BCUT2D eigenvalue weighted by Crippen LogP contribution is -2.65. The normalized spacial score (nSPS) is 38.1. The molecule has 1 saturated heterocycles. The minimum atomic E-state index is -1.93. The standard InChI is InChI=1S/C13H27NO6/c14-7-5-3-1-2-4-6-13(19)12(18)11(17)10(16)9(8-15)20-13/h9-12,15-19H,1-8,14H2/t9-,10-,11+,12+,13+/m1/s1. The summed E-state index contributed by atoms with van der Waals surface area (Å²) < 4.78 is 5.17. The van der Waals surface area contributed by atoms with Crippen LogP contribution in [0.2, 0.25) is 0 Å². The summed E-state index contributed by atoms with van der Waals surface area (Å²) in [5.74, 6) is -1.93. The van der Waals surface area contributed by atoms with Gasteiger partial charge in [-0.3, -0.25) is 0 Å². The topological polar surface area (TPSA) is 136 Å². The van der Waals surface area contributed by atoms with Gasteiger partial charge >= 0.3 is 0 Å². The number of rotatable bonds is 8. The third kappa shape index (κ3) is 4.36. The van der Waals surface area contributed by atoms with E-state index < -0.39 is 36.8 Å². The van der Waals surface area contributed by atoms with Crippen LogP contribution in [0.15, 0.2) is 0 Å². The number of hydrogen-bond acceptors (Lipinski definition) is 7. The number of aliphatic hydroxyl groups excluding tert-OH is 4. The third-order valence-electron chi connectivity index (χ3n) is 3.79. The molecule has 7 heteroatoms. The molecule has 1 heterocycles. The second-order valence-electron chi connectivity index (χ2n) is 5.42. The van der Waals surface area contributed by atoms with Crippen molar-refractivity contribution in [1.29, 1.82) is 0 Å². The predicted molar refractivity (Wildman–Crippen MR) is 71.7 cm³/mol. The molecule has 0 aromatic heterocycles. The van der Waals surface area contributed by atoms with Gasteiger partial charge in [0.25, 0.3) is 0 Å². The quantitative estimate of drug-likeness (QED) is 0.298. The van der Waals surface area contributed by atoms with Crippen LogP contribution in [0.4, 0.5) is 0 Å². The molecule has 0 radical (unpaired) electrons. The Bertz CT molecular complexity index is 278. The average molecular weight is 293 g/mol. The van der Waals surface area contributed by atoms with Crippen molar-refractivity contribution in [3.8, 4) is 0 Å². The third-order valence-corrected chi connectivity index (χ3v) is 3.79. The Labute approximate surface area is 119 Å². The summed E-state index contributed by atoms with van der Waals surface area (Å²) in [6.07, 6.45) is -1.11. The summed E-state index contributed by atoms with van der Waals surface area (Å²) in [7, 11) is 0. The molecule has 0 aromatic rings. The van der Waals surface area contributed by atoms with Crippen molar-refractivity contribution >= 4 is 0 Å². The zero-order valence-corrected chi connectivity index (χ0v) is 11.7.